The van der Waals surface area contributed by atoms with Crippen molar-refractivity contribution in [3.63, 3.8) is 0 Å². The molecule has 2 aromatic heterocycles. The van der Waals surface area contributed by atoms with Crippen LogP contribution in [-0.4, -0.2) is 64.2 Å². The number of carbonyl (C=O) groups is 4. The Morgan fingerprint density at radius 3 is 2.60 bits per heavy atom. The van der Waals surface area contributed by atoms with E-state index in [0.717, 1.165) is 29.3 Å². The molecule has 0 saturated carbocycles. The molecule has 43 heavy (non-hydrogen) atoms. The van der Waals surface area contributed by atoms with Gasteiger partial charge in [-0.2, -0.15) is 0 Å². The number of para-hydroxylation sites is 1. The summed E-state index contributed by atoms with van der Waals surface area (Å²) in [7, 11) is 0. The van der Waals surface area contributed by atoms with Gasteiger partial charge in [0.1, 0.15) is 23.6 Å². The Morgan fingerprint density at radius 1 is 1.12 bits per heavy atom. The van der Waals surface area contributed by atoms with Crippen molar-refractivity contribution in [2.75, 3.05) is 6.54 Å². The van der Waals surface area contributed by atoms with E-state index in [1.165, 1.54) is 0 Å². The molecule has 1 aromatic carbocycles. The third kappa shape index (κ3) is 6.78. The summed E-state index contributed by atoms with van der Waals surface area (Å²) < 4.78 is 5.54. The predicted octanol–water partition coefficient (Wildman–Crippen LogP) is 3.77. The lowest BCUT2D eigenvalue weighted by Gasteiger charge is -2.30. The van der Waals surface area contributed by atoms with Gasteiger partial charge < -0.3 is 30.3 Å². The summed E-state index contributed by atoms with van der Waals surface area (Å²) in [6, 6.07) is 7.32. The van der Waals surface area contributed by atoms with Crippen molar-refractivity contribution in [3.8, 4) is 0 Å². The average Bonchev–Trinajstić information content (AvgIpc) is 3.66. The largest absolute Gasteiger partial charge is 0.466 e. The van der Waals surface area contributed by atoms with Gasteiger partial charge in [-0.05, 0) is 62.6 Å². The summed E-state index contributed by atoms with van der Waals surface area (Å²) in [6.07, 6.45) is 4.21. The number of nitrogens with zero attached hydrogens (tertiary/aromatic N) is 1. The number of aromatic nitrogens is 1. The van der Waals surface area contributed by atoms with Gasteiger partial charge in [0.15, 0.2) is 0 Å². The van der Waals surface area contributed by atoms with Crippen molar-refractivity contribution in [1.82, 2.24) is 25.8 Å². The van der Waals surface area contributed by atoms with Crippen molar-refractivity contribution >= 4 is 34.5 Å². The Kier molecular flexibility index (Phi) is 8.94. The quantitative estimate of drug-likeness (QED) is 0.359. The van der Waals surface area contributed by atoms with E-state index in [1.54, 1.807) is 24.8 Å². The first kappa shape index (κ1) is 30.4. The molecule has 3 aromatic rings. The Bertz CT molecular complexity index is 1510. The van der Waals surface area contributed by atoms with Crippen molar-refractivity contribution in [2.45, 2.75) is 90.9 Å². The first-order valence-corrected chi connectivity index (χ1v) is 15.3. The number of H-pyrrole nitrogens is 1. The fraction of sp³-hybridized carbons (Fsp3) is 0.515. The van der Waals surface area contributed by atoms with E-state index < -0.39 is 18.1 Å². The number of fused-ring (bicyclic) bond motifs is 2. The summed E-state index contributed by atoms with van der Waals surface area (Å²) >= 11 is 0. The molecule has 4 amide bonds. The molecule has 2 aliphatic heterocycles. The summed E-state index contributed by atoms with van der Waals surface area (Å²) in [4.78, 5) is 59.4. The molecule has 0 radical (unpaired) electrons. The maximum atomic E-state index is 14.3. The van der Waals surface area contributed by atoms with Crippen LogP contribution in [0.5, 0.6) is 0 Å². The number of benzene rings is 1. The van der Waals surface area contributed by atoms with Gasteiger partial charge in [-0.1, -0.05) is 39.0 Å². The van der Waals surface area contributed by atoms with E-state index >= 15 is 0 Å². The van der Waals surface area contributed by atoms with Crippen molar-refractivity contribution < 1.29 is 23.6 Å². The summed E-state index contributed by atoms with van der Waals surface area (Å²) in [5, 5.41) is 10.2. The molecule has 2 aliphatic rings. The summed E-state index contributed by atoms with van der Waals surface area (Å²) in [5.41, 5.74) is 2.28. The van der Waals surface area contributed by atoms with E-state index in [9.17, 15) is 19.2 Å². The van der Waals surface area contributed by atoms with E-state index in [0.29, 0.717) is 23.5 Å². The van der Waals surface area contributed by atoms with Gasteiger partial charge in [0.25, 0.3) is 5.91 Å². The van der Waals surface area contributed by atoms with Gasteiger partial charge in [-0.3, -0.25) is 19.2 Å². The van der Waals surface area contributed by atoms with Crippen LogP contribution in [0.3, 0.4) is 0 Å². The van der Waals surface area contributed by atoms with Crippen LogP contribution in [0.1, 0.15) is 73.9 Å². The van der Waals surface area contributed by atoms with Crippen LogP contribution in [0.4, 0.5) is 0 Å². The normalized spacial score (nSPS) is 25.5. The molecule has 4 heterocycles. The van der Waals surface area contributed by atoms with Crippen molar-refractivity contribution in [3.05, 3.63) is 59.2 Å². The lowest BCUT2D eigenvalue weighted by atomic mass is 9.92. The second-order valence-electron chi connectivity index (χ2n) is 12.7. The molecule has 0 aliphatic carbocycles. The highest BCUT2D eigenvalue weighted by molar-refractivity contribution is 5.97. The van der Waals surface area contributed by atoms with Crippen LogP contribution >= 0.6 is 0 Å². The number of aromatic amines is 1. The number of rotatable bonds is 5. The molecule has 0 bridgehead atoms. The number of hydrogen-bond acceptors (Lipinski definition) is 5. The van der Waals surface area contributed by atoms with Gasteiger partial charge in [-0.15, -0.1) is 0 Å². The van der Waals surface area contributed by atoms with Crippen LogP contribution in [0.15, 0.2) is 40.9 Å². The fourth-order valence-corrected chi connectivity index (χ4v) is 6.46. The minimum absolute atomic E-state index is 0.0945. The molecule has 2 saturated heterocycles. The molecule has 10 nitrogen and oxygen atoms in total. The van der Waals surface area contributed by atoms with Crippen LogP contribution in [0, 0.1) is 25.7 Å². The molecular weight excluding hydrogens is 546 g/mol. The topological polar surface area (TPSA) is 137 Å². The number of amides is 4. The summed E-state index contributed by atoms with van der Waals surface area (Å²) in [6.45, 7) is 9.83. The maximum absolute atomic E-state index is 14.3. The second kappa shape index (κ2) is 12.7. The lowest BCUT2D eigenvalue weighted by molar-refractivity contribution is -0.141. The highest BCUT2D eigenvalue weighted by atomic mass is 16.3. The van der Waals surface area contributed by atoms with E-state index in [1.807, 2.05) is 37.4 Å². The van der Waals surface area contributed by atoms with Crippen LogP contribution in [-0.2, 0) is 20.8 Å². The average molecular weight is 590 g/mol. The number of hydrogen-bond donors (Lipinski definition) is 4. The highest BCUT2D eigenvalue weighted by Gasteiger charge is 2.43. The zero-order valence-corrected chi connectivity index (χ0v) is 25.7. The van der Waals surface area contributed by atoms with Crippen LogP contribution in [0.2, 0.25) is 0 Å². The molecule has 5 rings (SSSR count). The minimum Gasteiger partial charge on any atom is -0.466 e. The molecule has 4 N–H and O–H groups in total. The Balaban J connectivity index is 1.46. The third-order valence-electron chi connectivity index (χ3n) is 8.88. The number of aryl methyl sites for hydroxylation is 2. The Hall–Kier alpha value is -4.08. The number of furan rings is 1. The van der Waals surface area contributed by atoms with Crippen LogP contribution < -0.4 is 16.0 Å². The number of nitrogens with one attached hydrogen (secondary N) is 4. The van der Waals surface area contributed by atoms with Gasteiger partial charge in [0.05, 0.1) is 5.56 Å². The van der Waals surface area contributed by atoms with Crippen molar-refractivity contribution in [2.24, 2.45) is 11.8 Å². The predicted molar refractivity (Wildman–Crippen MR) is 163 cm³/mol. The van der Waals surface area contributed by atoms with Gasteiger partial charge >= 0.3 is 0 Å². The fourth-order valence-electron chi connectivity index (χ4n) is 6.46. The van der Waals surface area contributed by atoms with Gasteiger partial charge in [0, 0.05) is 48.6 Å². The van der Waals surface area contributed by atoms with Crippen molar-refractivity contribution in [1.29, 1.82) is 0 Å². The monoisotopic (exact) mass is 589 g/mol. The van der Waals surface area contributed by atoms with E-state index in [2.05, 4.69) is 34.8 Å². The zero-order valence-electron chi connectivity index (χ0n) is 25.7. The molecule has 10 heteroatoms. The van der Waals surface area contributed by atoms with Gasteiger partial charge in [0.2, 0.25) is 17.7 Å². The standard InChI is InChI=1S/C33H43N5O5/c1-18(2)26-11-10-19(3)12-30(39)36-28(14-22-16-34-27-9-7-6-8-24(22)27)33(42)38-17-23(15-29(38)32(41)37-26)35-31(40)25-13-20(4)43-21(25)5/h6-9,13,16,18-19,23,26,28-29,34H,10-12,14-15,17H2,1-5H3,(H,35,40)(H,36,39)(H,37,41)/t19-,23-,26+,28-,29+/m1/s1. The lowest BCUT2D eigenvalue weighted by Crippen LogP contribution is -2.55. The smallest absolute Gasteiger partial charge is 0.255 e. The summed E-state index contributed by atoms with van der Waals surface area (Å²) in [5.74, 6) is 0.364. The highest BCUT2D eigenvalue weighted by Crippen LogP contribution is 2.26. The van der Waals surface area contributed by atoms with Gasteiger partial charge in [-0.25, -0.2) is 0 Å². The first-order chi connectivity index (χ1) is 20.5. The van der Waals surface area contributed by atoms with Crippen LogP contribution in [0.25, 0.3) is 10.9 Å². The SMILES string of the molecule is Cc1cc(C(=O)N[C@@H]2C[C@H]3C(=O)N[C@H](C(C)C)CC[C@@H](C)CC(=O)N[C@H](Cc4c[nH]c5ccccc45)C(=O)N3C2)c(C)o1. The zero-order chi connectivity index (χ0) is 30.8. The third-order valence-corrected chi connectivity index (χ3v) is 8.88. The first-order valence-electron chi connectivity index (χ1n) is 15.3. The van der Waals surface area contributed by atoms with E-state index in [-0.39, 0.29) is 60.9 Å². The molecule has 230 valence electrons. The number of carbonyl (C=O) groups excluding carboxylic acids is 4. The molecule has 0 spiro atoms. The minimum atomic E-state index is -0.871. The van der Waals surface area contributed by atoms with E-state index in [4.69, 9.17) is 4.42 Å². The maximum Gasteiger partial charge on any atom is 0.255 e. The Labute approximate surface area is 252 Å². The molecule has 0 unspecified atom stereocenters. The second-order valence-corrected chi connectivity index (χ2v) is 12.7. The Morgan fingerprint density at radius 2 is 1.88 bits per heavy atom. The molecular formula is C33H43N5O5. The molecule has 2 fully saturated rings. The molecule has 5 atom stereocenters.